The maximum atomic E-state index is 12.6. The van der Waals surface area contributed by atoms with E-state index in [-0.39, 0.29) is 11.7 Å². The zero-order valence-electron chi connectivity index (χ0n) is 18.5. The average molecular weight is 406 g/mol. The minimum absolute atomic E-state index is 0.102. The van der Waals surface area contributed by atoms with Crippen molar-refractivity contribution in [1.29, 1.82) is 0 Å². The lowest BCUT2D eigenvalue weighted by Crippen LogP contribution is -2.31. The van der Waals surface area contributed by atoms with Crippen LogP contribution in [-0.4, -0.2) is 49.6 Å². The van der Waals surface area contributed by atoms with Crippen molar-refractivity contribution in [2.24, 2.45) is 5.92 Å². The number of likely N-dealkylation sites (tertiary alicyclic amines) is 1. The van der Waals surface area contributed by atoms with Gasteiger partial charge in [0.15, 0.2) is 11.5 Å². The number of Topliss-reactive ketones (excluding diaryl/α,β-unsaturated/α-hetero) is 1. The summed E-state index contributed by atoms with van der Waals surface area (Å²) in [5.74, 6) is 1.41. The minimum Gasteiger partial charge on any atom is -0.493 e. The molecule has 1 fully saturated rings. The molecule has 1 aliphatic rings. The largest absolute Gasteiger partial charge is 0.493 e. The number of ketones is 1. The predicted molar refractivity (Wildman–Crippen MR) is 117 cm³/mol. The van der Waals surface area contributed by atoms with E-state index in [1.807, 2.05) is 18.2 Å². The van der Waals surface area contributed by atoms with Crippen molar-refractivity contribution in [1.82, 2.24) is 4.90 Å². The molecule has 1 saturated heterocycles. The predicted octanol–water partition coefficient (Wildman–Crippen LogP) is 4.77. The number of carbonyl (C=O) groups excluding carboxylic acids is 1. The molecular weight excluding hydrogens is 366 g/mol. The molecule has 0 saturated carbocycles. The van der Waals surface area contributed by atoms with Crippen LogP contribution >= 0.6 is 0 Å². The Bertz CT molecular complexity index is 613. The van der Waals surface area contributed by atoms with Gasteiger partial charge in [-0.2, -0.15) is 0 Å². The first-order chi connectivity index (χ1) is 14.1. The summed E-state index contributed by atoms with van der Waals surface area (Å²) in [6.07, 6.45) is 8.49. The number of aliphatic hydroxyl groups is 1. The SMILES string of the molecule is CCCCCCCC(=O)C[C@H](CN1CCCC1)[C@H](O)c1ccc(OC)c(OC)c1. The number of nitrogens with zero attached hydrogens (tertiary/aromatic N) is 1. The summed E-state index contributed by atoms with van der Waals surface area (Å²) < 4.78 is 10.7. The van der Waals surface area contributed by atoms with Crippen LogP contribution in [0.5, 0.6) is 11.5 Å². The summed E-state index contributed by atoms with van der Waals surface area (Å²) in [6, 6.07) is 5.52. The molecule has 0 spiro atoms. The Kier molecular flexibility index (Phi) is 10.5. The molecule has 5 nitrogen and oxygen atoms in total. The number of unbranched alkanes of at least 4 members (excludes halogenated alkanes) is 4. The van der Waals surface area contributed by atoms with Gasteiger partial charge in [0.05, 0.1) is 20.3 Å². The molecule has 29 heavy (non-hydrogen) atoms. The van der Waals surface area contributed by atoms with Crippen LogP contribution in [0.2, 0.25) is 0 Å². The van der Waals surface area contributed by atoms with E-state index < -0.39 is 6.10 Å². The Labute approximate surface area is 176 Å². The highest BCUT2D eigenvalue weighted by atomic mass is 16.5. The molecule has 1 aliphatic heterocycles. The lowest BCUT2D eigenvalue weighted by molar-refractivity contribution is -0.121. The van der Waals surface area contributed by atoms with E-state index in [1.54, 1.807) is 14.2 Å². The number of ether oxygens (including phenoxy) is 2. The second kappa shape index (κ2) is 12.9. The van der Waals surface area contributed by atoms with Gasteiger partial charge in [-0.1, -0.05) is 38.7 Å². The maximum absolute atomic E-state index is 12.6. The normalized spacial score (nSPS) is 16.6. The zero-order valence-corrected chi connectivity index (χ0v) is 18.5. The van der Waals surface area contributed by atoms with E-state index in [2.05, 4.69) is 11.8 Å². The maximum Gasteiger partial charge on any atom is 0.161 e. The van der Waals surface area contributed by atoms with Gasteiger partial charge in [0.2, 0.25) is 0 Å². The molecule has 164 valence electrons. The quantitative estimate of drug-likeness (QED) is 0.452. The molecule has 0 bridgehead atoms. The molecule has 1 N–H and O–H groups in total. The molecule has 5 heteroatoms. The van der Waals surface area contributed by atoms with E-state index >= 15 is 0 Å². The number of benzene rings is 1. The van der Waals surface area contributed by atoms with Gasteiger partial charge in [0, 0.05) is 25.3 Å². The van der Waals surface area contributed by atoms with Crippen LogP contribution in [0.1, 0.15) is 76.4 Å². The summed E-state index contributed by atoms with van der Waals surface area (Å²) in [5, 5.41) is 11.1. The first kappa shape index (κ1) is 23.7. The molecule has 0 aliphatic carbocycles. The second-order valence-corrected chi connectivity index (χ2v) is 8.23. The molecule has 2 atom stereocenters. The van der Waals surface area contributed by atoms with Crippen LogP contribution in [0.3, 0.4) is 0 Å². The average Bonchev–Trinajstić information content (AvgIpc) is 3.25. The van der Waals surface area contributed by atoms with Crippen LogP contribution in [0.25, 0.3) is 0 Å². The number of rotatable bonds is 14. The number of hydrogen-bond donors (Lipinski definition) is 1. The Morgan fingerprint density at radius 3 is 2.41 bits per heavy atom. The number of aliphatic hydroxyl groups excluding tert-OH is 1. The molecule has 0 unspecified atom stereocenters. The summed E-state index contributed by atoms with van der Waals surface area (Å²) >= 11 is 0. The van der Waals surface area contributed by atoms with Crippen molar-refractivity contribution in [3.8, 4) is 11.5 Å². The monoisotopic (exact) mass is 405 g/mol. The third-order valence-corrected chi connectivity index (χ3v) is 5.94. The van der Waals surface area contributed by atoms with Gasteiger partial charge in [-0.3, -0.25) is 4.79 Å². The van der Waals surface area contributed by atoms with Crippen molar-refractivity contribution in [3.63, 3.8) is 0 Å². The van der Waals surface area contributed by atoms with Crippen molar-refractivity contribution < 1.29 is 19.4 Å². The first-order valence-corrected chi connectivity index (χ1v) is 11.2. The van der Waals surface area contributed by atoms with Crippen LogP contribution in [0.15, 0.2) is 18.2 Å². The molecule has 0 aromatic heterocycles. The van der Waals surface area contributed by atoms with Crippen LogP contribution < -0.4 is 9.47 Å². The third-order valence-electron chi connectivity index (χ3n) is 5.94. The molecule has 2 rings (SSSR count). The topological polar surface area (TPSA) is 59.0 Å². The fraction of sp³-hybridized carbons (Fsp3) is 0.708. The van der Waals surface area contributed by atoms with Gasteiger partial charge in [-0.05, 0) is 50.0 Å². The van der Waals surface area contributed by atoms with Gasteiger partial charge < -0.3 is 19.5 Å². The lowest BCUT2D eigenvalue weighted by atomic mass is 9.89. The molecule has 1 aromatic rings. The molecule has 1 aromatic carbocycles. The van der Waals surface area contributed by atoms with Gasteiger partial charge >= 0.3 is 0 Å². The van der Waals surface area contributed by atoms with E-state index in [0.29, 0.717) is 24.3 Å². The Morgan fingerprint density at radius 2 is 1.76 bits per heavy atom. The molecule has 0 radical (unpaired) electrons. The summed E-state index contributed by atoms with van der Waals surface area (Å²) in [5.41, 5.74) is 0.780. The van der Waals surface area contributed by atoms with E-state index in [0.717, 1.165) is 38.0 Å². The Morgan fingerprint density at radius 1 is 1.07 bits per heavy atom. The van der Waals surface area contributed by atoms with Gasteiger partial charge in [0.1, 0.15) is 5.78 Å². The summed E-state index contributed by atoms with van der Waals surface area (Å²) in [6.45, 7) is 5.07. The van der Waals surface area contributed by atoms with E-state index in [9.17, 15) is 9.90 Å². The van der Waals surface area contributed by atoms with E-state index in [1.165, 1.54) is 32.1 Å². The highest BCUT2D eigenvalue weighted by molar-refractivity contribution is 5.78. The Balaban J connectivity index is 2.03. The molecule has 1 heterocycles. The second-order valence-electron chi connectivity index (χ2n) is 8.23. The molecule has 0 amide bonds. The van der Waals surface area contributed by atoms with Gasteiger partial charge in [-0.15, -0.1) is 0 Å². The van der Waals surface area contributed by atoms with Gasteiger partial charge in [-0.25, -0.2) is 0 Å². The fourth-order valence-corrected chi connectivity index (χ4v) is 4.20. The van der Waals surface area contributed by atoms with Crippen LogP contribution in [0.4, 0.5) is 0 Å². The van der Waals surface area contributed by atoms with E-state index in [4.69, 9.17) is 9.47 Å². The van der Waals surface area contributed by atoms with Crippen molar-refractivity contribution in [2.45, 2.75) is 70.8 Å². The number of methoxy groups -OCH3 is 2. The van der Waals surface area contributed by atoms with Crippen molar-refractivity contribution >= 4 is 5.78 Å². The summed E-state index contributed by atoms with van der Waals surface area (Å²) in [4.78, 5) is 15.0. The zero-order chi connectivity index (χ0) is 21.1. The number of carbonyl (C=O) groups is 1. The smallest absolute Gasteiger partial charge is 0.161 e. The fourth-order valence-electron chi connectivity index (χ4n) is 4.20. The van der Waals surface area contributed by atoms with Crippen molar-refractivity contribution in [3.05, 3.63) is 23.8 Å². The number of hydrogen-bond acceptors (Lipinski definition) is 5. The van der Waals surface area contributed by atoms with Crippen molar-refractivity contribution in [2.75, 3.05) is 33.9 Å². The Hall–Kier alpha value is -1.59. The first-order valence-electron chi connectivity index (χ1n) is 11.2. The van der Waals surface area contributed by atoms with Crippen LogP contribution in [0, 0.1) is 5.92 Å². The van der Waals surface area contributed by atoms with Crippen LogP contribution in [-0.2, 0) is 4.79 Å². The van der Waals surface area contributed by atoms with Gasteiger partial charge in [0.25, 0.3) is 0 Å². The molecular formula is C24H39NO4. The summed E-state index contributed by atoms with van der Waals surface area (Å²) in [7, 11) is 3.20. The third kappa shape index (κ3) is 7.63. The highest BCUT2D eigenvalue weighted by Crippen LogP contribution is 2.34. The highest BCUT2D eigenvalue weighted by Gasteiger charge is 2.27. The standard InChI is InChI=1S/C24H39NO4/c1-4-5-6-7-8-11-21(26)16-20(18-25-14-9-10-15-25)24(27)19-12-13-22(28-2)23(17-19)29-3/h12-13,17,20,24,27H,4-11,14-16,18H2,1-3H3/t20-,24-/m1/s1. The minimum atomic E-state index is -0.695. The lowest BCUT2D eigenvalue weighted by Gasteiger charge is -2.28.